The molecule has 1 heterocycles. The van der Waals surface area contributed by atoms with Gasteiger partial charge < -0.3 is 0 Å². The van der Waals surface area contributed by atoms with Crippen LogP contribution in [-0.4, -0.2) is 20.4 Å². The van der Waals surface area contributed by atoms with E-state index in [9.17, 15) is 8.42 Å². The third-order valence-electron chi connectivity index (χ3n) is 2.49. The highest BCUT2D eigenvalue weighted by Gasteiger charge is 2.23. The quantitative estimate of drug-likeness (QED) is 0.876. The first-order chi connectivity index (χ1) is 8.43. The molecule has 96 valence electrons. The van der Waals surface area contributed by atoms with Gasteiger partial charge in [-0.3, -0.25) is 0 Å². The van der Waals surface area contributed by atoms with Gasteiger partial charge in [-0.2, -0.15) is 0 Å². The number of nitrogens with zero attached hydrogens (tertiary/aromatic N) is 2. The van der Waals surface area contributed by atoms with Crippen molar-refractivity contribution >= 4 is 38.1 Å². The fourth-order valence-electron chi connectivity index (χ4n) is 1.37. The van der Waals surface area contributed by atoms with Crippen LogP contribution in [-0.2, 0) is 10.0 Å². The van der Waals surface area contributed by atoms with Crippen molar-refractivity contribution < 1.29 is 8.42 Å². The Morgan fingerprint density at radius 3 is 2.67 bits per heavy atom. The first-order valence-electron chi connectivity index (χ1n) is 5.07. The topological polar surface area (TPSA) is 50.3 Å². The lowest BCUT2D eigenvalue weighted by molar-refractivity contribution is 0.594. The molecule has 0 saturated heterocycles. The highest BCUT2D eigenvalue weighted by Crippen LogP contribution is 2.26. The van der Waals surface area contributed by atoms with E-state index in [0.717, 1.165) is 9.87 Å². The summed E-state index contributed by atoms with van der Waals surface area (Å²) in [6, 6.07) is 4.68. The molecule has 0 radical (unpaired) electrons. The summed E-state index contributed by atoms with van der Waals surface area (Å²) in [6.45, 7) is 1.82. The molecule has 0 saturated carbocycles. The molecule has 1 aromatic carbocycles. The molecule has 1 aromatic heterocycles. The van der Waals surface area contributed by atoms with Gasteiger partial charge in [0.25, 0.3) is 10.0 Å². The van der Waals surface area contributed by atoms with Crippen LogP contribution < -0.4 is 4.31 Å². The Morgan fingerprint density at radius 1 is 1.39 bits per heavy atom. The molecule has 4 nitrogen and oxygen atoms in total. The number of rotatable bonds is 3. The van der Waals surface area contributed by atoms with E-state index in [4.69, 9.17) is 11.6 Å². The van der Waals surface area contributed by atoms with E-state index in [0.29, 0.717) is 10.2 Å². The average molecular weight is 303 g/mol. The number of aromatic nitrogens is 1. The summed E-state index contributed by atoms with van der Waals surface area (Å²) in [5.41, 5.74) is 0.840. The molecule has 0 amide bonds. The van der Waals surface area contributed by atoms with Crippen LogP contribution in [0.2, 0.25) is 5.02 Å². The molecular weight excluding hydrogens is 292 g/mol. The van der Waals surface area contributed by atoms with Crippen molar-refractivity contribution in [2.75, 3.05) is 11.4 Å². The molecule has 0 fully saturated rings. The number of sulfonamides is 1. The van der Waals surface area contributed by atoms with Gasteiger partial charge in [-0.1, -0.05) is 17.7 Å². The molecule has 0 unspecified atom stereocenters. The van der Waals surface area contributed by atoms with Crippen molar-refractivity contribution in [3.8, 4) is 0 Å². The van der Waals surface area contributed by atoms with E-state index in [1.54, 1.807) is 23.7 Å². The van der Waals surface area contributed by atoms with Gasteiger partial charge in [0.1, 0.15) is 0 Å². The average Bonchev–Trinajstić information content (AvgIpc) is 2.85. The monoisotopic (exact) mass is 302 g/mol. The summed E-state index contributed by atoms with van der Waals surface area (Å²) in [4.78, 5) is 4.14. The van der Waals surface area contributed by atoms with E-state index in [1.165, 1.54) is 24.5 Å². The lowest BCUT2D eigenvalue weighted by Crippen LogP contribution is -2.26. The van der Waals surface area contributed by atoms with Gasteiger partial charge in [0, 0.05) is 23.6 Å². The van der Waals surface area contributed by atoms with Crippen molar-refractivity contribution in [3.63, 3.8) is 0 Å². The number of aryl methyl sites for hydroxylation is 1. The predicted molar refractivity (Wildman–Crippen MR) is 73.9 cm³/mol. The van der Waals surface area contributed by atoms with E-state index < -0.39 is 10.0 Å². The summed E-state index contributed by atoms with van der Waals surface area (Å²) in [5.74, 6) is 0. The van der Waals surface area contributed by atoms with Crippen molar-refractivity contribution in [2.24, 2.45) is 0 Å². The molecule has 18 heavy (non-hydrogen) atoms. The fourth-order valence-corrected chi connectivity index (χ4v) is 3.62. The minimum absolute atomic E-state index is 0.163. The third-order valence-corrected chi connectivity index (χ3v) is 5.60. The molecule has 0 aliphatic heterocycles. The van der Waals surface area contributed by atoms with Crippen LogP contribution >= 0.6 is 22.9 Å². The molecule has 0 atom stereocenters. The minimum atomic E-state index is -3.60. The van der Waals surface area contributed by atoms with Crippen molar-refractivity contribution in [3.05, 3.63) is 40.4 Å². The summed E-state index contributed by atoms with van der Waals surface area (Å²) in [5, 5.41) is 2.58. The van der Waals surface area contributed by atoms with Crippen molar-refractivity contribution in [1.29, 1.82) is 0 Å². The van der Waals surface area contributed by atoms with E-state index in [1.807, 2.05) is 6.92 Å². The molecule has 2 rings (SSSR count). The predicted octanol–water partition coefficient (Wildman–Crippen LogP) is 2.93. The van der Waals surface area contributed by atoms with E-state index in [-0.39, 0.29) is 4.90 Å². The maximum absolute atomic E-state index is 12.3. The zero-order valence-corrected chi connectivity index (χ0v) is 12.2. The van der Waals surface area contributed by atoms with Crippen LogP contribution in [0.3, 0.4) is 0 Å². The van der Waals surface area contributed by atoms with Gasteiger partial charge in [0.05, 0.1) is 4.90 Å². The van der Waals surface area contributed by atoms with Gasteiger partial charge in [-0.05, 0) is 24.6 Å². The Kier molecular flexibility index (Phi) is 3.61. The number of benzene rings is 1. The number of hydrogen-bond donors (Lipinski definition) is 0. The van der Waals surface area contributed by atoms with E-state index >= 15 is 0 Å². The molecular formula is C11H11ClN2O2S2. The normalized spacial score (nSPS) is 11.5. The lowest BCUT2D eigenvalue weighted by atomic mass is 10.2. The third kappa shape index (κ3) is 2.36. The Hall–Kier alpha value is -1.11. The Labute approximate surface area is 115 Å². The maximum atomic E-state index is 12.3. The Morgan fingerprint density at radius 2 is 2.11 bits per heavy atom. The van der Waals surface area contributed by atoms with Crippen LogP contribution in [0.25, 0.3) is 0 Å². The summed E-state index contributed by atoms with van der Waals surface area (Å²) in [7, 11) is -2.13. The second kappa shape index (κ2) is 4.87. The molecule has 2 aromatic rings. The minimum Gasteiger partial charge on any atom is -0.244 e. The highest BCUT2D eigenvalue weighted by atomic mass is 35.5. The highest BCUT2D eigenvalue weighted by molar-refractivity contribution is 7.93. The van der Waals surface area contributed by atoms with Gasteiger partial charge in [0.2, 0.25) is 0 Å². The SMILES string of the molecule is Cc1ccc(S(=O)(=O)N(C)c2nccs2)cc1Cl. The van der Waals surface area contributed by atoms with Crippen molar-refractivity contribution in [2.45, 2.75) is 11.8 Å². The van der Waals surface area contributed by atoms with Crippen LogP contribution in [0.1, 0.15) is 5.56 Å². The van der Waals surface area contributed by atoms with Crippen LogP contribution in [0, 0.1) is 6.92 Å². The standard InChI is InChI=1S/C11H11ClN2O2S2/c1-8-3-4-9(7-10(8)12)18(15,16)14(2)11-13-5-6-17-11/h3-7H,1-2H3. The van der Waals surface area contributed by atoms with Gasteiger partial charge in [-0.15, -0.1) is 11.3 Å². The number of thiazole rings is 1. The molecule has 7 heteroatoms. The Bertz CT molecular complexity index is 654. The molecule has 0 aliphatic carbocycles. The van der Waals surface area contributed by atoms with Crippen LogP contribution in [0.4, 0.5) is 5.13 Å². The zero-order chi connectivity index (χ0) is 13.3. The second-order valence-electron chi connectivity index (χ2n) is 3.70. The fraction of sp³-hybridized carbons (Fsp3) is 0.182. The maximum Gasteiger partial charge on any atom is 0.265 e. The smallest absolute Gasteiger partial charge is 0.244 e. The van der Waals surface area contributed by atoms with Crippen LogP contribution in [0.5, 0.6) is 0 Å². The van der Waals surface area contributed by atoms with Gasteiger partial charge in [0.15, 0.2) is 5.13 Å². The van der Waals surface area contributed by atoms with Crippen LogP contribution in [0.15, 0.2) is 34.7 Å². The zero-order valence-electron chi connectivity index (χ0n) is 9.79. The molecule has 0 bridgehead atoms. The summed E-state index contributed by atoms with van der Waals surface area (Å²) in [6.07, 6.45) is 1.56. The first kappa shape index (κ1) is 13.3. The molecule has 0 aliphatic rings. The molecule has 0 spiro atoms. The van der Waals surface area contributed by atoms with Crippen molar-refractivity contribution in [1.82, 2.24) is 4.98 Å². The lowest BCUT2D eigenvalue weighted by Gasteiger charge is -2.16. The number of hydrogen-bond acceptors (Lipinski definition) is 4. The largest absolute Gasteiger partial charge is 0.265 e. The number of halogens is 1. The summed E-state index contributed by atoms with van der Waals surface area (Å²) >= 11 is 7.22. The van der Waals surface area contributed by atoms with Gasteiger partial charge >= 0.3 is 0 Å². The van der Waals surface area contributed by atoms with Gasteiger partial charge in [-0.25, -0.2) is 17.7 Å². The second-order valence-corrected chi connectivity index (χ2v) is 6.95. The van der Waals surface area contributed by atoms with E-state index in [2.05, 4.69) is 4.98 Å². The summed E-state index contributed by atoms with van der Waals surface area (Å²) < 4.78 is 25.8. The Balaban J connectivity index is 2.45. The number of anilines is 1. The molecule has 0 N–H and O–H groups in total. The first-order valence-corrected chi connectivity index (χ1v) is 7.77.